The second-order valence-corrected chi connectivity index (χ2v) is 5.99. The van der Waals surface area contributed by atoms with E-state index in [0.29, 0.717) is 11.1 Å². The SMILES string of the molecule is O=C(Cn1c(=O)oc2ccccc21)N[C@@H]1C[C@H]1c1cccc(F)c1. The van der Waals surface area contributed by atoms with Crippen LogP contribution in [0.5, 0.6) is 0 Å². The lowest BCUT2D eigenvalue weighted by molar-refractivity contribution is -0.121. The van der Waals surface area contributed by atoms with Crippen LogP contribution in [0.25, 0.3) is 11.1 Å². The first-order chi connectivity index (χ1) is 11.6. The van der Waals surface area contributed by atoms with Gasteiger partial charge in [0.25, 0.3) is 0 Å². The van der Waals surface area contributed by atoms with Crippen LogP contribution in [-0.2, 0) is 11.3 Å². The van der Waals surface area contributed by atoms with Crippen molar-refractivity contribution in [3.05, 3.63) is 70.5 Å². The molecule has 2 aromatic carbocycles. The normalized spacial score (nSPS) is 19.4. The Balaban J connectivity index is 1.44. The highest BCUT2D eigenvalue weighted by molar-refractivity contribution is 5.80. The Morgan fingerprint density at radius 2 is 2.08 bits per heavy atom. The van der Waals surface area contributed by atoms with E-state index in [1.165, 1.54) is 16.7 Å². The van der Waals surface area contributed by atoms with Gasteiger partial charge >= 0.3 is 5.76 Å². The van der Waals surface area contributed by atoms with Crippen molar-refractivity contribution in [3.63, 3.8) is 0 Å². The van der Waals surface area contributed by atoms with Crippen molar-refractivity contribution in [1.82, 2.24) is 9.88 Å². The van der Waals surface area contributed by atoms with Crippen molar-refractivity contribution in [3.8, 4) is 0 Å². The molecule has 0 saturated heterocycles. The Kier molecular flexibility index (Phi) is 3.45. The number of para-hydroxylation sites is 2. The zero-order valence-corrected chi connectivity index (χ0v) is 12.7. The summed E-state index contributed by atoms with van der Waals surface area (Å²) < 4.78 is 19.7. The first kappa shape index (κ1) is 14.7. The maximum atomic E-state index is 13.3. The molecular weight excluding hydrogens is 311 g/mol. The van der Waals surface area contributed by atoms with Gasteiger partial charge in [-0.1, -0.05) is 24.3 Å². The van der Waals surface area contributed by atoms with Crippen LogP contribution in [-0.4, -0.2) is 16.5 Å². The van der Waals surface area contributed by atoms with E-state index in [9.17, 15) is 14.0 Å². The Morgan fingerprint density at radius 1 is 1.25 bits per heavy atom. The molecule has 1 N–H and O–H groups in total. The van der Waals surface area contributed by atoms with E-state index >= 15 is 0 Å². The van der Waals surface area contributed by atoms with Gasteiger partial charge in [0.2, 0.25) is 5.91 Å². The molecule has 0 bridgehead atoms. The van der Waals surface area contributed by atoms with Crippen LogP contribution in [0.4, 0.5) is 4.39 Å². The standard InChI is InChI=1S/C18H15FN2O3/c19-12-5-3-4-11(8-12)13-9-14(13)20-17(22)10-21-15-6-1-2-7-16(15)24-18(21)23/h1-8,13-14H,9-10H2,(H,20,22)/t13-,14+/m0/s1. The predicted molar refractivity (Wildman–Crippen MR) is 86.2 cm³/mol. The Hall–Kier alpha value is -2.89. The maximum absolute atomic E-state index is 13.3. The van der Waals surface area contributed by atoms with E-state index in [0.717, 1.165) is 12.0 Å². The van der Waals surface area contributed by atoms with Crippen LogP contribution >= 0.6 is 0 Å². The van der Waals surface area contributed by atoms with E-state index in [-0.39, 0.29) is 30.2 Å². The number of oxazole rings is 1. The minimum atomic E-state index is -0.552. The first-order valence-corrected chi connectivity index (χ1v) is 7.75. The summed E-state index contributed by atoms with van der Waals surface area (Å²) in [5.41, 5.74) is 1.93. The number of halogens is 1. The molecule has 0 spiro atoms. The summed E-state index contributed by atoms with van der Waals surface area (Å²) in [4.78, 5) is 24.1. The second-order valence-electron chi connectivity index (χ2n) is 5.99. The molecule has 122 valence electrons. The van der Waals surface area contributed by atoms with Crippen LogP contribution in [0.1, 0.15) is 17.9 Å². The fourth-order valence-corrected chi connectivity index (χ4v) is 3.02. The molecule has 0 radical (unpaired) electrons. The molecular formula is C18H15FN2O3. The van der Waals surface area contributed by atoms with Gasteiger partial charge in [0.15, 0.2) is 5.58 Å². The summed E-state index contributed by atoms with van der Waals surface area (Å²) >= 11 is 0. The van der Waals surface area contributed by atoms with E-state index in [2.05, 4.69) is 5.32 Å². The predicted octanol–water partition coefficient (Wildman–Crippen LogP) is 2.41. The van der Waals surface area contributed by atoms with Gasteiger partial charge in [-0.2, -0.15) is 0 Å². The van der Waals surface area contributed by atoms with E-state index in [4.69, 9.17) is 4.42 Å². The number of carbonyl (C=O) groups excluding carboxylic acids is 1. The lowest BCUT2D eigenvalue weighted by Crippen LogP contribution is -2.32. The highest BCUT2D eigenvalue weighted by atomic mass is 19.1. The molecule has 5 nitrogen and oxygen atoms in total. The number of fused-ring (bicyclic) bond motifs is 1. The molecule has 24 heavy (non-hydrogen) atoms. The number of hydrogen-bond donors (Lipinski definition) is 1. The van der Waals surface area contributed by atoms with E-state index in [1.807, 2.05) is 6.07 Å². The van der Waals surface area contributed by atoms with E-state index < -0.39 is 5.76 Å². The molecule has 1 heterocycles. The van der Waals surface area contributed by atoms with Gasteiger partial charge in [-0.25, -0.2) is 9.18 Å². The molecule has 1 aromatic heterocycles. The number of rotatable bonds is 4. The third-order valence-corrected chi connectivity index (χ3v) is 4.29. The Labute approximate surface area is 136 Å². The summed E-state index contributed by atoms with van der Waals surface area (Å²) in [5, 5.41) is 2.89. The molecule has 1 aliphatic carbocycles. The molecule has 1 amide bonds. The molecule has 3 aromatic rings. The summed E-state index contributed by atoms with van der Waals surface area (Å²) in [6.45, 7) is -0.0950. The van der Waals surface area contributed by atoms with Gasteiger partial charge in [-0.15, -0.1) is 0 Å². The van der Waals surface area contributed by atoms with Crippen LogP contribution < -0.4 is 11.1 Å². The maximum Gasteiger partial charge on any atom is 0.420 e. The zero-order valence-electron chi connectivity index (χ0n) is 12.7. The Morgan fingerprint density at radius 3 is 2.92 bits per heavy atom. The van der Waals surface area contributed by atoms with Gasteiger partial charge in [0.05, 0.1) is 5.52 Å². The minimum absolute atomic E-state index is 0.0202. The molecule has 1 saturated carbocycles. The lowest BCUT2D eigenvalue weighted by Gasteiger charge is -2.06. The molecule has 6 heteroatoms. The zero-order chi connectivity index (χ0) is 16.7. The summed E-state index contributed by atoms with van der Waals surface area (Å²) in [7, 11) is 0. The monoisotopic (exact) mass is 326 g/mol. The summed E-state index contributed by atoms with van der Waals surface area (Å²) in [6, 6.07) is 13.4. The molecule has 1 aliphatic rings. The van der Waals surface area contributed by atoms with Crippen LogP contribution in [0, 0.1) is 5.82 Å². The fraction of sp³-hybridized carbons (Fsp3) is 0.222. The van der Waals surface area contributed by atoms with Crippen molar-refractivity contribution in [2.45, 2.75) is 24.9 Å². The van der Waals surface area contributed by atoms with Crippen LogP contribution in [0.15, 0.2) is 57.7 Å². The number of carbonyl (C=O) groups is 1. The molecule has 1 fully saturated rings. The lowest BCUT2D eigenvalue weighted by atomic mass is 10.1. The number of aromatic nitrogens is 1. The van der Waals surface area contributed by atoms with Crippen LogP contribution in [0.2, 0.25) is 0 Å². The van der Waals surface area contributed by atoms with Crippen molar-refractivity contribution in [1.29, 1.82) is 0 Å². The topological polar surface area (TPSA) is 64.2 Å². The number of nitrogens with one attached hydrogen (secondary N) is 1. The molecule has 0 aliphatic heterocycles. The minimum Gasteiger partial charge on any atom is -0.408 e. The molecule has 0 unspecified atom stereocenters. The van der Waals surface area contributed by atoms with Crippen molar-refractivity contribution >= 4 is 17.0 Å². The van der Waals surface area contributed by atoms with Crippen LogP contribution in [0.3, 0.4) is 0 Å². The third-order valence-electron chi connectivity index (χ3n) is 4.29. The molecule has 2 atom stereocenters. The summed E-state index contributed by atoms with van der Waals surface area (Å²) in [6.07, 6.45) is 0.774. The van der Waals surface area contributed by atoms with Gasteiger partial charge in [0, 0.05) is 12.0 Å². The molecule has 4 rings (SSSR count). The highest BCUT2D eigenvalue weighted by Gasteiger charge is 2.39. The number of benzene rings is 2. The van der Waals surface area contributed by atoms with Crippen molar-refractivity contribution in [2.75, 3.05) is 0 Å². The van der Waals surface area contributed by atoms with Gasteiger partial charge < -0.3 is 9.73 Å². The fourth-order valence-electron chi connectivity index (χ4n) is 3.02. The average molecular weight is 326 g/mol. The number of nitrogens with zero attached hydrogens (tertiary/aromatic N) is 1. The second kappa shape index (κ2) is 5.63. The van der Waals surface area contributed by atoms with E-state index in [1.54, 1.807) is 30.3 Å². The number of amides is 1. The van der Waals surface area contributed by atoms with Crippen molar-refractivity contribution < 1.29 is 13.6 Å². The largest absolute Gasteiger partial charge is 0.420 e. The van der Waals surface area contributed by atoms with Crippen molar-refractivity contribution in [2.24, 2.45) is 0 Å². The quantitative estimate of drug-likeness (QED) is 0.801. The third kappa shape index (κ3) is 2.71. The average Bonchev–Trinajstić information content (AvgIpc) is 3.25. The summed E-state index contributed by atoms with van der Waals surface area (Å²) in [5.74, 6) is -0.959. The highest BCUT2D eigenvalue weighted by Crippen LogP contribution is 2.40. The Bertz CT molecular complexity index is 976. The van der Waals surface area contributed by atoms with Gasteiger partial charge in [-0.3, -0.25) is 9.36 Å². The smallest absolute Gasteiger partial charge is 0.408 e. The first-order valence-electron chi connectivity index (χ1n) is 7.75. The number of hydrogen-bond acceptors (Lipinski definition) is 3. The van der Waals surface area contributed by atoms with Gasteiger partial charge in [-0.05, 0) is 36.2 Å². The van der Waals surface area contributed by atoms with Gasteiger partial charge in [0.1, 0.15) is 12.4 Å².